The van der Waals surface area contributed by atoms with Gasteiger partial charge in [0.25, 0.3) is 0 Å². The molecule has 0 bridgehead atoms. The number of nitrogen functional groups attached to an aromatic ring is 1. The van der Waals surface area contributed by atoms with E-state index in [9.17, 15) is 4.79 Å². The zero-order valence-corrected chi connectivity index (χ0v) is 12.0. The Labute approximate surface area is 115 Å². The maximum Gasteiger partial charge on any atom is 0.230 e. The second-order valence-electron chi connectivity index (χ2n) is 5.84. The highest BCUT2D eigenvalue weighted by Crippen LogP contribution is 2.36. The van der Waals surface area contributed by atoms with Gasteiger partial charge in [0.1, 0.15) is 0 Å². The molecule has 1 aromatic rings. The number of benzene rings is 1. The molecule has 1 aliphatic rings. The van der Waals surface area contributed by atoms with Gasteiger partial charge in [0.15, 0.2) is 0 Å². The highest BCUT2D eigenvalue weighted by Gasteiger charge is 2.34. The summed E-state index contributed by atoms with van der Waals surface area (Å²) in [5, 5.41) is 3.03. The molecule has 3 N–H and O–H groups in total. The van der Waals surface area contributed by atoms with Crippen molar-refractivity contribution in [3.63, 3.8) is 0 Å². The van der Waals surface area contributed by atoms with Crippen molar-refractivity contribution in [2.45, 2.75) is 52.4 Å². The SMILES string of the molecule is CCc1ccc(NC(=O)C2(C)CCCCC2)cc1N. The van der Waals surface area contributed by atoms with Gasteiger partial charge in [-0.25, -0.2) is 0 Å². The van der Waals surface area contributed by atoms with Gasteiger partial charge >= 0.3 is 0 Å². The number of carbonyl (C=O) groups is 1. The van der Waals surface area contributed by atoms with Crippen molar-refractivity contribution < 1.29 is 4.79 Å². The minimum absolute atomic E-state index is 0.135. The number of carbonyl (C=O) groups excluding carboxylic acids is 1. The first-order chi connectivity index (χ1) is 9.05. The van der Waals surface area contributed by atoms with Gasteiger partial charge in [0.2, 0.25) is 5.91 Å². The van der Waals surface area contributed by atoms with Crippen LogP contribution in [0.5, 0.6) is 0 Å². The molecule has 0 heterocycles. The molecule has 1 aliphatic carbocycles. The monoisotopic (exact) mass is 260 g/mol. The normalized spacial score (nSPS) is 18.0. The molecule has 1 fully saturated rings. The second-order valence-corrected chi connectivity index (χ2v) is 5.84. The van der Waals surface area contributed by atoms with E-state index in [0.717, 1.165) is 49.0 Å². The van der Waals surface area contributed by atoms with Crippen LogP contribution in [0.15, 0.2) is 18.2 Å². The van der Waals surface area contributed by atoms with Gasteiger partial charge in [0.05, 0.1) is 0 Å². The van der Waals surface area contributed by atoms with Crippen LogP contribution in [-0.4, -0.2) is 5.91 Å². The summed E-state index contributed by atoms with van der Waals surface area (Å²) >= 11 is 0. The molecule has 0 aliphatic heterocycles. The van der Waals surface area contributed by atoms with Gasteiger partial charge < -0.3 is 11.1 Å². The highest BCUT2D eigenvalue weighted by atomic mass is 16.2. The van der Waals surface area contributed by atoms with Crippen LogP contribution in [0.25, 0.3) is 0 Å². The second kappa shape index (κ2) is 5.64. The van der Waals surface area contributed by atoms with Gasteiger partial charge in [-0.2, -0.15) is 0 Å². The predicted molar refractivity (Wildman–Crippen MR) is 80.1 cm³/mol. The summed E-state index contributed by atoms with van der Waals surface area (Å²) in [6.07, 6.45) is 6.45. The fraction of sp³-hybridized carbons (Fsp3) is 0.562. The number of aryl methyl sites for hydroxylation is 1. The Bertz CT molecular complexity index is 462. The van der Waals surface area contributed by atoms with E-state index in [1.54, 1.807) is 0 Å². The third-order valence-electron chi connectivity index (χ3n) is 4.29. The van der Waals surface area contributed by atoms with Gasteiger partial charge in [0, 0.05) is 16.8 Å². The van der Waals surface area contributed by atoms with Crippen molar-refractivity contribution in [2.24, 2.45) is 5.41 Å². The van der Waals surface area contributed by atoms with Crippen LogP contribution in [0.1, 0.15) is 51.5 Å². The fourth-order valence-corrected chi connectivity index (χ4v) is 2.84. The van der Waals surface area contributed by atoms with E-state index in [-0.39, 0.29) is 11.3 Å². The molecule has 0 radical (unpaired) electrons. The average molecular weight is 260 g/mol. The quantitative estimate of drug-likeness (QED) is 0.813. The number of nitrogens with two attached hydrogens (primary N) is 1. The van der Waals surface area contributed by atoms with Crippen molar-refractivity contribution >= 4 is 17.3 Å². The summed E-state index contributed by atoms with van der Waals surface area (Å²) in [5.74, 6) is 0.135. The maximum atomic E-state index is 12.4. The van der Waals surface area contributed by atoms with Crippen LogP contribution in [0.4, 0.5) is 11.4 Å². The van der Waals surface area contributed by atoms with Gasteiger partial charge in [-0.3, -0.25) is 4.79 Å². The Morgan fingerprint density at radius 3 is 2.58 bits per heavy atom. The molecular formula is C16H24N2O. The molecule has 1 saturated carbocycles. The van der Waals surface area contributed by atoms with Gasteiger partial charge in [-0.1, -0.05) is 39.2 Å². The minimum atomic E-state index is -0.212. The zero-order chi connectivity index (χ0) is 13.9. The van der Waals surface area contributed by atoms with E-state index in [2.05, 4.69) is 19.2 Å². The van der Waals surface area contributed by atoms with Gasteiger partial charge in [-0.05, 0) is 37.0 Å². The molecule has 0 unspecified atom stereocenters. The summed E-state index contributed by atoms with van der Waals surface area (Å²) in [7, 11) is 0. The molecule has 104 valence electrons. The molecule has 0 atom stereocenters. The van der Waals surface area contributed by atoms with Crippen LogP contribution in [0, 0.1) is 5.41 Å². The van der Waals surface area contributed by atoms with Crippen molar-refractivity contribution in [1.82, 2.24) is 0 Å². The number of rotatable bonds is 3. The summed E-state index contributed by atoms with van der Waals surface area (Å²) in [4.78, 5) is 12.4. The highest BCUT2D eigenvalue weighted by molar-refractivity contribution is 5.95. The average Bonchev–Trinajstić information content (AvgIpc) is 2.40. The summed E-state index contributed by atoms with van der Waals surface area (Å²) in [6.45, 7) is 4.15. The Morgan fingerprint density at radius 1 is 1.32 bits per heavy atom. The predicted octanol–water partition coefficient (Wildman–Crippen LogP) is 3.74. The van der Waals surface area contributed by atoms with Crippen LogP contribution in [0.2, 0.25) is 0 Å². The van der Waals surface area contributed by atoms with E-state index in [1.165, 1.54) is 6.42 Å². The van der Waals surface area contributed by atoms with E-state index in [0.29, 0.717) is 0 Å². The largest absolute Gasteiger partial charge is 0.398 e. The molecule has 1 aromatic carbocycles. The van der Waals surface area contributed by atoms with Crippen molar-refractivity contribution in [1.29, 1.82) is 0 Å². The lowest BCUT2D eigenvalue weighted by molar-refractivity contribution is -0.126. The molecule has 3 nitrogen and oxygen atoms in total. The van der Waals surface area contributed by atoms with E-state index >= 15 is 0 Å². The summed E-state index contributed by atoms with van der Waals surface area (Å²) in [5.41, 5.74) is 8.45. The lowest BCUT2D eigenvalue weighted by Crippen LogP contribution is -2.35. The first-order valence-corrected chi connectivity index (χ1v) is 7.25. The Morgan fingerprint density at radius 2 is 2.00 bits per heavy atom. The van der Waals surface area contributed by atoms with Crippen molar-refractivity contribution in [3.8, 4) is 0 Å². The molecule has 3 heteroatoms. The number of hydrogen-bond donors (Lipinski definition) is 2. The lowest BCUT2D eigenvalue weighted by atomic mass is 9.75. The van der Waals surface area contributed by atoms with E-state index in [1.807, 2.05) is 18.2 Å². The van der Waals surface area contributed by atoms with E-state index < -0.39 is 0 Å². The summed E-state index contributed by atoms with van der Waals surface area (Å²) in [6, 6.07) is 5.80. The molecule has 1 amide bonds. The Balaban J connectivity index is 2.08. The minimum Gasteiger partial charge on any atom is -0.398 e. The fourth-order valence-electron chi connectivity index (χ4n) is 2.84. The number of hydrogen-bond acceptors (Lipinski definition) is 2. The summed E-state index contributed by atoms with van der Waals surface area (Å²) < 4.78 is 0. The van der Waals surface area contributed by atoms with Crippen molar-refractivity contribution in [3.05, 3.63) is 23.8 Å². The van der Waals surface area contributed by atoms with Crippen molar-refractivity contribution in [2.75, 3.05) is 11.1 Å². The van der Waals surface area contributed by atoms with Crippen LogP contribution < -0.4 is 11.1 Å². The number of anilines is 2. The van der Waals surface area contributed by atoms with E-state index in [4.69, 9.17) is 5.73 Å². The van der Waals surface area contributed by atoms with Crippen LogP contribution in [-0.2, 0) is 11.2 Å². The third-order valence-corrected chi connectivity index (χ3v) is 4.29. The third kappa shape index (κ3) is 3.09. The maximum absolute atomic E-state index is 12.4. The first kappa shape index (κ1) is 13.9. The van der Waals surface area contributed by atoms with Crippen LogP contribution in [0.3, 0.4) is 0 Å². The molecule has 0 saturated heterocycles. The number of nitrogens with one attached hydrogen (secondary N) is 1. The van der Waals surface area contributed by atoms with Gasteiger partial charge in [-0.15, -0.1) is 0 Å². The standard InChI is InChI=1S/C16H24N2O/c1-3-12-7-8-13(11-14(12)17)18-15(19)16(2)9-5-4-6-10-16/h7-8,11H,3-6,9-10,17H2,1-2H3,(H,18,19). The molecular weight excluding hydrogens is 236 g/mol. The smallest absolute Gasteiger partial charge is 0.230 e. The number of amides is 1. The first-order valence-electron chi connectivity index (χ1n) is 7.25. The molecule has 0 spiro atoms. The Hall–Kier alpha value is -1.51. The van der Waals surface area contributed by atoms with Crippen LogP contribution >= 0.6 is 0 Å². The molecule has 0 aromatic heterocycles. The topological polar surface area (TPSA) is 55.1 Å². The molecule has 19 heavy (non-hydrogen) atoms. The Kier molecular flexibility index (Phi) is 4.13. The molecule has 2 rings (SSSR count). The lowest BCUT2D eigenvalue weighted by Gasteiger charge is -2.32. The zero-order valence-electron chi connectivity index (χ0n) is 12.0.